The summed E-state index contributed by atoms with van der Waals surface area (Å²) in [5.74, 6) is 0. The van der Waals surface area contributed by atoms with Crippen LogP contribution in [0, 0.1) is 0 Å². The van der Waals surface area contributed by atoms with Crippen molar-refractivity contribution in [1.82, 2.24) is 4.90 Å². The Kier molecular flexibility index (Phi) is 3.80. The molecule has 1 aromatic carbocycles. The van der Waals surface area contributed by atoms with Crippen LogP contribution in [0.5, 0.6) is 0 Å². The molecule has 88 valence electrons. The molecule has 2 rings (SSSR count). The lowest BCUT2D eigenvalue weighted by atomic mass is 9.99. The standard InChI is InChI=1S/C13H20N2O/c1-15(7-8-16-2)12-9-11-5-3-4-6-13(11)14-10-12/h3-6,12,14H,7-10H2,1-2H3. The van der Waals surface area contributed by atoms with Crippen LogP contribution < -0.4 is 5.32 Å². The summed E-state index contributed by atoms with van der Waals surface area (Å²) in [6.45, 7) is 2.82. The summed E-state index contributed by atoms with van der Waals surface area (Å²) >= 11 is 0. The van der Waals surface area contributed by atoms with E-state index in [-0.39, 0.29) is 0 Å². The molecule has 16 heavy (non-hydrogen) atoms. The minimum atomic E-state index is 0.574. The van der Waals surface area contributed by atoms with Crippen LogP contribution in [0.15, 0.2) is 24.3 Å². The zero-order chi connectivity index (χ0) is 11.4. The highest BCUT2D eigenvalue weighted by atomic mass is 16.5. The maximum Gasteiger partial charge on any atom is 0.0589 e. The lowest BCUT2D eigenvalue weighted by molar-refractivity contribution is 0.140. The number of likely N-dealkylation sites (N-methyl/N-ethyl adjacent to an activating group) is 1. The zero-order valence-electron chi connectivity index (χ0n) is 10.1. The summed E-state index contributed by atoms with van der Waals surface area (Å²) in [7, 11) is 3.92. The van der Waals surface area contributed by atoms with Gasteiger partial charge in [-0.25, -0.2) is 0 Å². The van der Waals surface area contributed by atoms with Gasteiger partial charge in [-0.1, -0.05) is 18.2 Å². The molecular weight excluding hydrogens is 200 g/mol. The van der Waals surface area contributed by atoms with Gasteiger partial charge in [0.15, 0.2) is 0 Å². The van der Waals surface area contributed by atoms with Crippen molar-refractivity contribution in [3.05, 3.63) is 29.8 Å². The average Bonchev–Trinajstić information content (AvgIpc) is 2.35. The van der Waals surface area contributed by atoms with E-state index in [1.165, 1.54) is 11.3 Å². The Morgan fingerprint density at radius 3 is 3.06 bits per heavy atom. The van der Waals surface area contributed by atoms with Crippen LogP contribution in [-0.2, 0) is 11.2 Å². The first-order valence-corrected chi connectivity index (χ1v) is 5.82. The van der Waals surface area contributed by atoms with Gasteiger partial charge in [0.25, 0.3) is 0 Å². The quantitative estimate of drug-likeness (QED) is 0.834. The maximum atomic E-state index is 5.11. The molecule has 0 fully saturated rings. The highest BCUT2D eigenvalue weighted by molar-refractivity contribution is 5.53. The van der Waals surface area contributed by atoms with Crippen molar-refractivity contribution in [2.45, 2.75) is 12.5 Å². The van der Waals surface area contributed by atoms with Crippen LogP contribution in [0.3, 0.4) is 0 Å². The molecule has 0 radical (unpaired) electrons. The number of anilines is 1. The number of rotatable bonds is 4. The second-order valence-corrected chi connectivity index (χ2v) is 4.37. The Labute approximate surface area is 97.4 Å². The minimum Gasteiger partial charge on any atom is -0.383 e. The molecule has 1 heterocycles. The molecule has 3 heteroatoms. The van der Waals surface area contributed by atoms with E-state index in [2.05, 4.69) is 41.5 Å². The predicted molar refractivity (Wildman–Crippen MR) is 66.9 cm³/mol. The summed E-state index contributed by atoms with van der Waals surface area (Å²) in [5, 5.41) is 3.49. The van der Waals surface area contributed by atoms with Crippen LogP contribution in [0.1, 0.15) is 5.56 Å². The second-order valence-electron chi connectivity index (χ2n) is 4.37. The van der Waals surface area contributed by atoms with E-state index >= 15 is 0 Å². The number of nitrogens with one attached hydrogen (secondary N) is 1. The molecule has 0 saturated carbocycles. The Morgan fingerprint density at radius 2 is 2.25 bits per heavy atom. The molecule has 0 saturated heterocycles. The highest BCUT2D eigenvalue weighted by Crippen LogP contribution is 2.22. The topological polar surface area (TPSA) is 24.5 Å². The summed E-state index contributed by atoms with van der Waals surface area (Å²) in [6.07, 6.45) is 1.13. The molecule has 0 amide bonds. The van der Waals surface area contributed by atoms with E-state index in [1.54, 1.807) is 7.11 Å². The van der Waals surface area contributed by atoms with E-state index in [1.807, 2.05) is 0 Å². The molecule has 0 bridgehead atoms. The Hall–Kier alpha value is -1.06. The van der Waals surface area contributed by atoms with Crippen LogP contribution in [0.4, 0.5) is 5.69 Å². The first kappa shape index (κ1) is 11.4. The number of fused-ring (bicyclic) bond motifs is 1. The first-order chi connectivity index (χ1) is 7.81. The fourth-order valence-corrected chi connectivity index (χ4v) is 2.15. The molecule has 0 spiro atoms. The van der Waals surface area contributed by atoms with Gasteiger partial charge >= 0.3 is 0 Å². The molecule has 1 atom stereocenters. The summed E-state index contributed by atoms with van der Waals surface area (Å²) in [5.41, 5.74) is 2.71. The smallest absolute Gasteiger partial charge is 0.0589 e. The van der Waals surface area contributed by atoms with Crippen molar-refractivity contribution in [3.63, 3.8) is 0 Å². The minimum absolute atomic E-state index is 0.574. The van der Waals surface area contributed by atoms with Crippen molar-refractivity contribution in [2.24, 2.45) is 0 Å². The summed E-state index contributed by atoms with van der Waals surface area (Å²) in [6, 6.07) is 9.13. The number of ether oxygens (including phenoxy) is 1. The van der Waals surface area contributed by atoms with Crippen LogP contribution in [0.25, 0.3) is 0 Å². The summed E-state index contributed by atoms with van der Waals surface area (Å²) in [4.78, 5) is 2.37. The largest absolute Gasteiger partial charge is 0.383 e. The molecule has 1 N–H and O–H groups in total. The third-order valence-corrected chi connectivity index (χ3v) is 3.27. The normalized spacial score (nSPS) is 19.3. The van der Waals surface area contributed by atoms with Crippen LogP contribution in [-0.4, -0.2) is 44.8 Å². The van der Waals surface area contributed by atoms with E-state index in [0.29, 0.717) is 6.04 Å². The third kappa shape index (κ3) is 2.54. The highest BCUT2D eigenvalue weighted by Gasteiger charge is 2.20. The fraction of sp³-hybridized carbons (Fsp3) is 0.538. The van der Waals surface area contributed by atoms with Crippen LogP contribution in [0.2, 0.25) is 0 Å². The number of para-hydroxylation sites is 1. The predicted octanol–water partition coefficient (Wildman–Crippen LogP) is 1.60. The average molecular weight is 220 g/mol. The Balaban J connectivity index is 1.97. The molecule has 1 aliphatic rings. The van der Waals surface area contributed by atoms with Gasteiger partial charge in [0.2, 0.25) is 0 Å². The van der Waals surface area contributed by atoms with Gasteiger partial charge in [0, 0.05) is 31.9 Å². The molecule has 0 aliphatic carbocycles. The number of hydrogen-bond donors (Lipinski definition) is 1. The van der Waals surface area contributed by atoms with Gasteiger partial charge in [-0.3, -0.25) is 4.90 Å². The fourth-order valence-electron chi connectivity index (χ4n) is 2.15. The van der Waals surface area contributed by atoms with E-state index in [9.17, 15) is 0 Å². The summed E-state index contributed by atoms with van der Waals surface area (Å²) < 4.78 is 5.11. The lowest BCUT2D eigenvalue weighted by Crippen LogP contribution is -2.43. The van der Waals surface area contributed by atoms with Gasteiger partial charge in [-0.05, 0) is 25.1 Å². The Morgan fingerprint density at radius 1 is 1.44 bits per heavy atom. The van der Waals surface area contributed by atoms with E-state index in [4.69, 9.17) is 4.74 Å². The zero-order valence-corrected chi connectivity index (χ0v) is 10.1. The molecular formula is C13H20N2O. The van der Waals surface area contributed by atoms with Gasteiger partial charge < -0.3 is 10.1 Å². The van der Waals surface area contributed by atoms with Crippen molar-refractivity contribution < 1.29 is 4.74 Å². The number of methoxy groups -OCH3 is 1. The van der Waals surface area contributed by atoms with Crippen molar-refractivity contribution >= 4 is 5.69 Å². The first-order valence-electron chi connectivity index (χ1n) is 5.82. The molecule has 1 unspecified atom stereocenters. The third-order valence-electron chi connectivity index (χ3n) is 3.27. The van der Waals surface area contributed by atoms with Crippen molar-refractivity contribution in [2.75, 3.05) is 39.2 Å². The molecule has 3 nitrogen and oxygen atoms in total. The van der Waals surface area contributed by atoms with Gasteiger partial charge in [-0.15, -0.1) is 0 Å². The van der Waals surface area contributed by atoms with Crippen molar-refractivity contribution in [3.8, 4) is 0 Å². The molecule has 1 aliphatic heterocycles. The van der Waals surface area contributed by atoms with Gasteiger partial charge in [0.1, 0.15) is 0 Å². The second kappa shape index (κ2) is 5.32. The van der Waals surface area contributed by atoms with E-state index in [0.717, 1.165) is 26.1 Å². The number of nitrogens with zero attached hydrogens (tertiary/aromatic N) is 1. The molecule has 1 aromatic rings. The maximum absolute atomic E-state index is 5.11. The van der Waals surface area contributed by atoms with Gasteiger partial charge in [0.05, 0.1) is 6.61 Å². The SMILES string of the molecule is COCCN(C)C1CNc2ccccc2C1. The van der Waals surface area contributed by atoms with E-state index < -0.39 is 0 Å². The van der Waals surface area contributed by atoms with Crippen molar-refractivity contribution in [1.29, 1.82) is 0 Å². The lowest BCUT2D eigenvalue weighted by Gasteiger charge is -2.33. The van der Waals surface area contributed by atoms with Gasteiger partial charge in [-0.2, -0.15) is 0 Å². The number of hydrogen-bond acceptors (Lipinski definition) is 3. The molecule has 0 aromatic heterocycles. The monoisotopic (exact) mass is 220 g/mol. The van der Waals surface area contributed by atoms with Crippen LogP contribution >= 0.6 is 0 Å². The number of benzene rings is 1. The Bertz CT molecular complexity index is 340.